The van der Waals surface area contributed by atoms with Crippen molar-refractivity contribution < 1.29 is 64.1 Å². The van der Waals surface area contributed by atoms with Gasteiger partial charge in [0, 0.05) is 19.4 Å². The predicted molar refractivity (Wildman–Crippen MR) is 198 cm³/mol. The fourth-order valence-corrected chi connectivity index (χ4v) is 11.9. The Bertz CT molecular complexity index is 1380. The van der Waals surface area contributed by atoms with Gasteiger partial charge in [0.1, 0.15) is 6.10 Å². The molecule has 15 nitrogen and oxygen atoms in total. The van der Waals surface area contributed by atoms with E-state index in [1.165, 1.54) is 0 Å². The topological polar surface area (TPSA) is 248 Å². The molecule has 0 bridgehead atoms. The Labute approximate surface area is 323 Å². The second kappa shape index (κ2) is 19.1. The second-order valence-corrected chi connectivity index (χ2v) is 17.7. The van der Waals surface area contributed by atoms with E-state index in [4.69, 9.17) is 14.9 Å². The number of nitrogens with one attached hydrogen (secondary N) is 1. The predicted octanol–water partition coefficient (Wildman–Crippen LogP) is 5.04. The zero-order chi connectivity index (χ0) is 40.7. The van der Waals surface area contributed by atoms with Gasteiger partial charge in [-0.1, -0.05) is 27.2 Å². The Morgan fingerprint density at radius 1 is 0.800 bits per heavy atom. The van der Waals surface area contributed by atoms with Crippen molar-refractivity contribution in [1.29, 1.82) is 0 Å². The van der Waals surface area contributed by atoms with Crippen LogP contribution in [0.1, 0.15) is 117 Å². The van der Waals surface area contributed by atoms with Crippen LogP contribution in [0.3, 0.4) is 0 Å². The molecule has 55 heavy (non-hydrogen) atoms. The van der Waals surface area contributed by atoms with Crippen LogP contribution in [0.4, 0.5) is 4.79 Å². The van der Waals surface area contributed by atoms with E-state index in [1.54, 1.807) is 0 Å². The van der Waals surface area contributed by atoms with Crippen molar-refractivity contribution in [1.82, 2.24) is 10.2 Å². The number of carboxylic acid groups (broad SMARTS) is 5. The summed E-state index contributed by atoms with van der Waals surface area (Å²) in [6, 6.07) is 0. The summed E-state index contributed by atoms with van der Waals surface area (Å²) in [5.41, 5.74) is -0.164. The van der Waals surface area contributed by atoms with E-state index in [0.29, 0.717) is 48.9 Å². The minimum absolute atomic E-state index is 0.00625. The van der Waals surface area contributed by atoms with Crippen molar-refractivity contribution in [3.63, 3.8) is 0 Å². The first-order valence-corrected chi connectivity index (χ1v) is 20.3. The summed E-state index contributed by atoms with van der Waals surface area (Å²) in [6.45, 7) is 5.80. The number of hydrogen-bond acceptors (Lipinski definition) is 9. The minimum Gasteiger partial charge on any atom is -0.481 e. The number of carboxylic acids is 5. The van der Waals surface area contributed by atoms with Gasteiger partial charge in [-0.3, -0.25) is 28.9 Å². The molecule has 0 aromatic heterocycles. The van der Waals surface area contributed by atoms with Gasteiger partial charge in [0.15, 0.2) is 0 Å². The van der Waals surface area contributed by atoms with Gasteiger partial charge in [-0.05, 0) is 136 Å². The van der Waals surface area contributed by atoms with Crippen LogP contribution >= 0.6 is 0 Å². The van der Waals surface area contributed by atoms with Crippen LogP contribution in [0.15, 0.2) is 0 Å². The molecule has 312 valence electrons. The first kappa shape index (κ1) is 44.3. The quantitative estimate of drug-likeness (QED) is 0.0755. The Kier molecular flexibility index (Phi) is 15.4. The van der Waals surface area contributed by atoms with E-state index in [2.05, 4.69) is 26.1 Å². The summed E-state index contributed by atoms with van der Waals surface area (Å²) in [6.07, 6.45) is 7.47. The van der Waals surface area contributed by atoms with Crippen LogP contribution in [0.5, 0.6) is 0 Å². The van der Waals surface area contributed by atoms with Gasteiger partial charge in [0.05, 0.1) is 25.1 Å². The van der Waals surface area contributed by atoms with E-state index >= 15 is 0 Å². The maximum atomic E-state index is 12.8. The third kappa shape index (κ3) is 10.9. The molecule has 12 atom stereocenters. The zero-order valence-electron chi connectivity index (χ0n) is 32.7. The molecule has 0 spiro atoms. The average molecular weight is 781 g/mol. The average Bonchev–Trinajstić information content (AvgIpc) is 3.45. The van der Waals surface area contributed by atoms with Gasteiger partial charge < -0.3 is 40.7 Å². The molecule has 4 rings (SSSR count). The van der Waals surface area contributed by atoms with Gasteiger partial charge in [0.2, 0.25) is 0 Å². The first-order valence-electron chi connectivity index (χ1n) is 20.3. The van der Waals surface area contributed by atoms with Crippen LogP contribution in [0.2, 0.25) is 0 Å². The molecule has 0 aliphatic heterocycles. The van der Waals surface area contributed by atoms with E-state index in [1.807, 2.05) is 0 Å². The van der Waals surface area contributed by atoms with Crippen LogP contribution in [0.25, 0.3) is 0 Å². The lowest BCUT2D eigenvalue weighted by Gasteiger charge is -2.62. The highest BCUT2D eigenvalue weighted by Gasteiger charge is 2.64. The molecular formula is C40H64N2O13. The monoisotopic (exact) mass is 780 g/mol. The van der Waals surface area contributed by atoms with Gasteiger partial charge in [0.25, 0.3) is 0 Å². The zero-order valence-corrected chi connectivity index (χ0v) is 32.7. The molecule has 4 fully saturated rings. The number of carbonyl (C=O) groups excluding carboxylic acids is 1. The Morgan fingerprint density at radius 2 is 1.49 bits per heavy atom. The molecule has 0 radical (unpaired) electrons. The van der Waals surface area contributed by atoms with Crippen LogP contribution in [0, 0.1) is 58.2 Å². The fourth-order valence-electron chi connectivity index (χ4n) is 11.9. The normalized spacial score (nSPS) is 32.9. The smallest absolute Gasteiger partial charge is 0.407 e. The molecule has 4 saturated carbocycles. The molecule has 0 aromatic rings. The number of hydrogen-bond donors (Lipinski definition) is 7. The van der Waals surface area contributed by atoms with E-state index in [-0.39, 0.29) is 55.2 Å². The van der Waals surface area contributed by atoms with E-state index in [0.717, 1.165) is 56.3 Å². The molecule has 15 heteroatoms. The fraction of sp³-hybridized carbons (Fsp3) is 0.850. The van der Waals surface area contributed by atoms with Crippen molar-refractivity contribution in [2.24, 2.45) is 58.2 Å². The number of ether oxygens (including phenoxy) is 1. The van der Waals surface area contributed by atoms with Crippen LogP contribution < -0.4 is 5.32 Å². The number of alkyl carbamates (subject to hydrolysis) is 1. The third-order valence-corrected chi connectivity index (χ3v) is 14.6. The summed E-state index contributed by atoms with van der Waals surface area (Å²) in [7, 11) is 0. The SMILES string of the molecule is CC(CCC(=O)O)[C@H]1CCC2C3CCC4C[C@H](OC(=O)NCCCC[C@@H](C(=O)O)C(CCN(CC(=O)O)CC(=O)O)CC(=O)O)CC[C@]4(C)C3C[C@H](O)[C@@]21C. The highest BCUT2D eigenvalue weighted by Crippen LogP contribution is 2.68. The van der Waals surface area contributed by atoms with Gasteiger partial charge >= 0.3 is 35.9 Å². The van der Waals surface area contributed by atoms with E-state index < -0.39 is 73.4 Å². The number of aliphatic hydroxyl groups excluding tert-OH is 1. The van der Waals surface area contributed by atoms with Crippen molar-refractivity contribution in [2.75, 3.05) is 26.2 Å². The Hall–Kier alpha value is -3.46. The van der Waals surface area contributed by atoms with Crippen molar-refractivity contribution >= 4 is 35.9 Å². The van der Waals surface area contributed by atoms with Crippen molar-refractivity contribution in [3.05, 3.63) is 0 Å². The lowest BCUT2D eigenvalue weighted by atomic mass is 9.43. The Balaban J connectivity index is 1.24. The molecule has 7 N–H and O–H groups in total. The summed E-state index contributed by atoms with van der Waals surface area (Å²) in [4.78, 5) is 71.3. The van der Waals surface area contributed by atoms with Gasteiger partial charge in [-0.15, -0.1) is 0 Å². The minimum atomic E-state index is -1.25. The standard InChI is InChI=1S/C40H64N2O13/c1-23(7-12-33(44)45)29-10-11-30-28-9-8-25-19-26(13-15-39(25,2)31(28)20-32(43)40(29,30)3)55-38(54)41-16-5-4-6-27(37(52)53)24(18-34(46)47)14-17-42(21-35(48)49)22-36(50)51/h23-32,43H,4-22H2,1-3H3,(H,41,54)(H,44,45)(H,46,47)(H,48,49)(H,50,51)(H,52,53)/t23?,24?,25?,26-,27-,28?,29-,30?,31?,32+,39+,40-/m1/s1. The molecule has 0 saturated heterocycles. The number of nitrogens with zero attached hydrogens (tertiary/aromatic N) is 1. The molecule has 4 aliphatic carbocycles. The van der Waals surface area contributed by atoms with E-state index in [9.17, 15) is 49.2 Å². The summed E-state index contributed by atoms with van der Waals surface area (Å²) in [5, 5.41) is 61.4. The number of aliphatic carboxylic acids is 5. The number of rotatable bonds is 21. The number of fused-ring (bicyclic) bond motifs is 5. The highest BCUT2D eigenvalue weighted by atomic mass is 16.6. The third-order valence-electron chi connectivity index (χ3n) is 14.6. The van der Waals surface area contributed by atoms with Crippen molar-refractivity contribution in [2.45, 2.75) is 129 Å². The number of unbranched alkanes of at least 4 members (excludes halogenated alkanes) is 1. The number of carbonyl (C=O) groups is 6. The van der Waals surface area contributed by atoms with Gasteiger partial charge in [-0.25, -0.2) is 4.79 Å². The first-order chi connectivity index (χ1) is 25.9. The maximum Gasteiger partial charge on any atom is 0.407 e. The van der Waals surface area contributed by atoms with Gasteiger partial charge in [-0.2, -0.15) is 0 Å². The maximum absolute atomic E-state index is 12.8. The number of amides is 1. The molecule has 0 heterocycles. The molecule has 1 amide bonds. The highest BCUT2D eigenvalue weighted by molar-refractivity contribution is 5.73. The summed E-state index contributed by atoms with van der Waals surface area (Å²) < 4.78 is 5.88. The Morgan fingerprint density at radius 3 is 2.11 bits per heavy atom. The summed E-state index contributed by atoms with van der Waals surface area (Å²) >= 11 is 0. The lowest BCUT2D eigenvalue weighted by Crippen LogP contribution is -2.59. The van der Waals surface area contributed by atoms with Crippen molar-refractivity contribution in [3.8, 4) is 0 Å². The summed E-state index contributed by atoms with van der Waals surface area (Å²) in [5.74, 6) is -5.30. The molecule has 0 aromatic carbocycles. The van der Waals surface area contributed by atoms with Crippen LogP contribution in [-0.4, -0.2) is 110 Å². The largest absolute Gasteiger partial charge is 0.481 e. The molecular weight excluding hydrogens is 716 g/mol. The molecule has 4 aliphatic rings. The van der Waals surface area contributed by atoms with Crippen LogP contribution in [-0.2, 0) is 28.7 Å². The second-order valence-electron chi connectivity index (χ2n) is 17.7. The molecule has 6 unspecified atom stereocenters. The number of aliphatic hydroxyl groups is 1. The lowest BCUT2D eigenvalue weighted by molar-refractivity contribution is -0.175.